The van der Waals surface area contributed by atoms with E-state index in [4.69, 9.17) is 33.2 Å². The third-order valence-corrected chi connectivity index (χ3v) is 8.58. The Morgan fingerprint density at radius 2 is 0.733 bits per heavy atom. The van der Waals surface area contributed by atoms with E-state index in [0.29, 0.717) is 0 Å². The molecule has 21 nitrogen and oxygen atoms in total. The summed E-state index contributed by atoms with van der Waals surface area (Å²) in [5, 5.41) is 141. The van der Waals surface area contributed by atoms with Gasteiger partial charge in [0.25, 0.3) is 0 Å². The van der Waals surface area contributed by atoms with Crippen LogP contribution < -0.4 is 0 Å². The van der Waals surface area contributed by atoms with Crippen molar-refractivity contribution in [2.24, 2.45) is 0 Å². The highest BCUT2D eigenvalue weighted by atomic mass is 16.8. The first kappa shape index (κ1) is 37.0. The van der Waals surface area contributed by atoms with E-state index in [2.05, 4.69) is 0 Å². The maximum atomic E-state index is 10.7. The first-order chi connectivity index (χ1) is 21.1. The Labute approximate surface area is 254 Å². The van der Waals surface area contributed by atoms with E-state index in [9.17, 15) is 71.5 Å². The average Bonchev–Trinajstić information content (AvgIpc) is 3.63. The first-order valence-corrected chi connectivity index (χ1v) is 14.0. The number of ether oxygens (including phenoxy) is 7. The molecule has 4 heterocycles. The molecule has 14 N–H and O–H groups in total. The van der Waals surface area contributed by atoms with Crippen LogP contribution in [-0.4, -0.2) is 221 Å². The molecular weight excluding hydrogens is 624 g/mol. The molecule has 0 aromatic carbocycles. The minimum Gasteiger partial charge on any atom is -0.394 e. The van der Waals surface area contributed by atoms with Gasteiger partial charge in [0.05, 0.1) is 33.0 Å². The van der Waals surface area contributed by atoms with Crippen LogP contribution in [0.3, 0.4) is 0 Å². The predicted molar refractivity (Wildman–Crippen MR) is 134 cm³/mol. The van der Waals surface area contributed by atoms with Gasteiger partial charge in [-0.15, -0.1) is 0 Å². The van der Waals surface area contributed by atoms with Gasteiger partial charge in [-0.1, -0.05) is 0 Å². The second kappa shape index (κ2) is 13.9. The normalized spacial score (nSPS) is 51.9. The molecule has 4 rings (SSSR count). The van der Waals surface area contributed by atoms with Gasteiger partial charge < -0.3 is 105 Å². The van der Waals surface area contributed by atoms with Gasteiger partial charge in [-0.2, -0.15) is 0 Å². The van der Waals surface area contributed by atoms with Crippen molar-refractivity contribution < 1.29 is 105 Å². The van der Waals surface area contributed by atoms with Crippen LogP contribution in [0.5, 0.6) is 0 Å². The van der Waals surface area contributed by atoms with Crippen LogP contribution in [0.4, 0.5) is 0 Å². The van der Waals surface area contributed by atoms with E-state index in [1.165, 1.54) is 0 Å². The Balaban J connectivity index is 1.38. The Kier molecular flexibility index (Phi) is 11.5. The highest BCUT2D eigenvalue weighted by molar-refractivity contribution is 5.02. The minimum absolute atomic E-state index is 0.719. The van der Waals surface area contributed by atoms with Crippen molar-refractivity contribution in [3.05, 3.63) is 0 Å². The van der Waals surface area contributed by atoms with E-state index in [1.807, 2.05) is 0 Å². The molecule has 4 aliphatic heterocycles. The average molecular weight is 667 g/mol. The number of aliphatic hydroxyl groups is 14. The van der Waals surface area contributed by atoms with Gasteiger partial charge in [-0.05, 0) is 0 Å². The molecular formula is C24H42O21. The fourth-order valence-corrected chi connectivity index (χ4v) is 5.68. The summed E-state index contributed by atoms with van der Waals surface area (Å²) in [5.74, 6) is -9.54. The third kappa shape index (κ3) is 6.37. The van der Waals surface area contributed by atoms with Crippen LogP contribution in [0.25, 0.3) is 0 Å². The molecule has 0 unspecified atom stereocenters. The molecule has 4 fully saturated rings. The number of hydrogen-bond acceptors (Lipinski definition) is 21. The number of rotatable bonds is 14. The molecule has 0 aliphatic carbocycles. The van der Waals surface area contributed by atoms with Crippen LogP contribution in [0.1, 0.15) is 0 Å². The molecule has 21 heteroatoms. The zero-order valence-electron chi connectivity index (χ0n) is 23.7. The lowest BCUT2D eigenvalue weighted by Crippen LogP contribution is -2.50. The summed E-state index contributed by atoms with van der Waals surface area (Å²) in [4.78, 5) is 0. The predicted octanol–water partition coefficient (Wildman–Crippen LogP) is -9.74. The Hall–Kier alpha value is -0.840. The SMILES string of the molecule is OC[C@H]1O[C@@](CO)(OC[C@H]2O[C@@](CO)(OC[C@H]3O[C@@](CO)(OC[C@H]4O[C@](O)(CO)[C@@H](O)[C@@H]4O)[C@@H](O)[C@@H]3O)[C@@H](O)[C@@H]2O)[C@@H](O)[C@@H]1O. The Morgan fingerprint density at radius 3 is 1.02 bits per heavy atom. The zero-order valence-corrected chi connectivity index (χ0v) is 23.7. The van der Waals surface area contributed by atoms with Crippen LogP contribution >= 0.6 is 0 Å². The molecule has 0 radical (unpaired) electrons. The van der Waals surface area contributed by atoms with Crippen LogP contribution in [-0.2, 0) is 33.2 Å². The highest BCUT2D eigenvalue weighted by Gasteiger charge is 2.61. The van der Waals surface area contributed by atoms with E-state index in [1.54, 1.807) is 0 Å². The molecule has 0 aromatic heterocycles. The van der Waals surface area contributed by atoms with E-state index in [-0.39, 0.29) is 0 Å². The van der Waals surface area contributed by atoms with Crippen molar-refractivity contribution in [3.63, 3.8) is 0 Å². The molecule has 0 bridgehead atoms. The molecule has 0 spiro atoms. The molecule has 0 saturated carbocycles. The Morgan fingerprint density at radius 1 is 0.422 bits per heavy atom. The van der Waals surface area contributed by atoms with Gasteiger partial charge in [0.1, 0.15) is 93.1 Å². The monoisotopic (exact) mass is 666 g/mol. The molecule has 16 atom stereocenters. The quantitative estimate of drug-likeness (QED) is 0.0818. The van der Waals surface area contributed by atoms with Crippen LogP contribution in [0.15, 0.2) is 0 Å². The summed E-state index contributed by atoms with van der Waals surface area (Å²) >= 11 is 0. The lowest BCUT2D eigenvalue weighted by Gasteiger charge is -2.33. The zero-order chi connectivity index (χ0) is 33.5. The molecule has 45 heavy (non-hydrogen) atoms. The van der Waals surface area contributed by atoms with Gasteiger partial charge >= 0.3 is 0 Å². The summed E-state index contributed by atoms with van der Waals surface area (Å²) in [7, 11) is 0. The molecule has 0 amide bonds. The minimum atomic E-state index is -2.52. The maximum absolute atomic E-state index is 10.7. The van der Waals surface area contributed by atoms with Gasteiger partial charge in [0.15, 0.2) is 0 Å². The molecule has 4 aliphatic rings. The largest absolute Gasteiger partial charge is 0.394 e. The topological polar surface area (TPSA) is 348 Å². The molecule has 0 aromatic rings. The summed E-state index contributed by atoms with van der Waals surface area (Å²) in [5.41, 5.74) is 0. The van der Waals surface area contributed by atoms with Gasteiger partial charge in [-0.25, -0.2) is 0 Å². The highest BCUT2D eigenvalue weighted by Crippen LogP contribution is 2.39. The fourth-order valence-electron chi connectivity index (χ4n) is 5.68. The second-order valence-corrected chi connectivity index (χ2v) is 11.4. The van der Waals surface area contributed by atoms with Crippen molar-refractivity contribution in [1.29, 1.82) is 0 Å². The molecule has 4 saturated heterocycles. The maximum Gasteiger partial charge on any atom is 0.221 e. The van der Waals surface area contributed by atoms with Crippen LogP contribution in [0, 0.1) is 0 Å². The van der Waals surface area contributed by atoms with E-state index >= 15 is 0 Å². The summed E-state index contributed by atoms with van der Waals surface area (Å²) in [6.45, 7) is -7.24. The van der Waals surface area contributed by atoms with Crippen molar-refractivity contribution in [1.82, 2.24) is 0 Å². The molecule has 264 valence electrons. The van der Waals surface area contributed by atoms with Crippen molar-refractivity contribution >= 4 is 0 Å². The number of aliphatic hydroxyl groups excluding tert-OH is 13. The van der Waals surface area contributed by atoms with Gasteiger partial charge in [-0.3, -0.25) is 0 Å². The van der Waals surface area contributed by atoms with Gasteiger partial charge in [0.2, 0.25) is 23.1 Å². The smallest absolute Gasteiger partial charge is 0.221 e. The second-order valence-electron chi connectivity index (χ2n) is 11.4. The lowest BCUT2D eigenvalue weighted by atomic mass is 10.0. The van der Waals surface area contributed by atoms with E-state index < -0.39 is 149 Å². The van der Waals surface area contributed by atoms with Crippen molar-refractivity contribution in [2.75, 3.05) is 52.9 Å². The van der Waals surface area contributed by atoms with Gasteiger partial charge in [0, 0.05) is 0 Å². The van der Waals surface area contributed by atoms with Crippen LogP contribution in [0.2, 0.25) is 0 Å². The standard InChI is InChI=1S/C24H42O21/c25-1-9-13(30)18(35)22(6-27,43-9)40-3-11-15(32)20(37)24(8-29,45-11)41-4-12-16(33)19(36)23(7-28,44-12)39-2-10-14(31)17(34)21(38,5-26)42-10/h9-20,25-38H,1-8H2/t9-,10-,11-,12-,13-,14-,15-,16-,17+,18+,19+,20+,21-,22-,23-,24-/m1/s1. The number of hydrogen-bond donors (Lipinski definition) is 14. The first-order valence-electron chi connectivity index (χ1n) is 14.0. The summed E-state index contributed by atoms with van der Waals surface area (Å²) in [6, 6.07) is 0. The Bertz CT molecular complexity index is 979. The summed E-state index contributed by atoms with van der Waals surface area (Å²) in [6.07, 6.45) is -20.7. The third-order valence-electron chi connectivity index (χ3n) is 8.58. The van der Waals surface area contributed by atoms with Crippen molar-refractivity contribution in [2.45, 2.75) is 96.4 Å². The lowest BCUT2D eigenvalue weighted by molar-refractivity contribution is -0.318. The summed E-state index contributed by atoms with van der Waals surface area (Å²) < 4.78 is 37.7. The van der Waals surface area contributed by atoms with Crippen molar-refractivity contribution in [3.8, 4) is 0 Å². The fraction of sp³-hybridized carbons (Fsp3) is 1.00. The van der Waals surface area contributed by atoms with E-state index in [0.717, 1.165) is 0 Å².